The number of rotatable bonds is 8. The summed E-state index contributed by atoms with van der Waals surface area (Å²) in [5, 5.41) is 0.535. The Balaban J connectivity index is 3.04. The summed E-state index contributed by atoms with van der Waals surface area (Å²) >= 11 is 12.8. The van der Waals surface area contributed by atoms with Gasteiger partial charge in [0.15, 0.2) is 11.5 Å². The molecule has 2 atom stereocenters. The van der Waals surface area contributed by atoms with Crippen LogP contribution >= 0.6 is 23.2 Å². The first-order chi connectivity index (χ1) is 9.53. The van der Waals surface area contributed by atoms with E-state index in [0.717, 1.165) is 18.4 Å². The maximum atomic E-state index is 6.51. The smallest absolute Gasteiger partial charge is 0.162 e. The van der Waals surface area contributed by atoms with Gasteiger partial charge in [0, 0.05) is 11.1 Å². The molecule has 4 heteroatoms. The molecular formula is C16H24Cl2O2. The van der Waals surface area contributed by atoms with Gasteiger partial charge in [0.25, 0.3) is 0 Å². The molecule has 0 spiro atoms. The second kappa shape index (κ2) is 8.63. The molecule has 0 bridgehead atoms. The van der Waals surface area contributed by atoms with E-state index in [1.54, 1.807) is 6.07 Å². The Hall–Kier alpha value is -0.600. The highest BCUT2D eigenvalue weighted by atomic mass is 35.5. The van der Waals surface area contributed by atoms with Gasteiger partial charge in [-0.3, -0.25) is 0 Å². The van der Waals surface area contributed by atoms with Crippen molar-refractivity contribution in [3.8, 4) is 11.5 Å². The highest BCUT2D eigenvalue weighted by Gasteiger charge is 2.18. The minimum absolute atomic E-state index is 0.104. The van der Waals surface area contributed by atoms with Gasteiger partial charge in [-0.2, -0.15) is 0 Å². The van der Waals surface area contributed by atoms with E-state index >= 15 is 0 Å². The lowest BCUT2D eigenvalue weighted by atomic mass is 9.98. The molecule has 0 aliphatic heterocycles. The van der Waals surface area contributed by atoms with E-state index < -0.39 is 0 Å². The Kier molecular flexibility index (Phi) is 7.53. The molecule has 1 aromatic carbocycles. The zero-order valence-corrected chi connectivity index (χ0v) is 14.2. The lowest BCUT2D eigenvalue weighted by molar-refractivity contribution is 0.287. The number of ether oxygens (including phenoxy) is 2. The Labute approximate surface area is 132 Å². The summed E-state index contributed by atoms with van der Waals surface area (Å²) < 4.78 is 11.2. The molecule has 0 heterocycles. The van der Waals surface area contributed by atoms with Gasteiger partial charge in [-0.25, -0.2) is 0 Å². The Bertz CT molecular complexity index is 421. The quantitative estimate of drug-likeness (QED) is 0.559. The molecule has 114 valence electrons. The molecular weight excluding hydrogens is 295 g/mol. The van der Waals surface area contributed by atoms with Gasteiger partial charge in [0.1, 0.15) is 0 Å². The zero-order valence-electron chi connectivity index (χ0n) is 12.7. The molecule has 2 unspecified atom stereocenters. The summed E-state index contributed by atoms with van der Waals surface area (Å²) in [6.07, 6.45) is 2.01. The van der Waals surface area contributed by atoms with Gasteiger partial charge in [0.2, 0.25) is 0 Å². The van der Waals surface area contributed by atoms with Gasteiger partial charge in [-0.05, 0) is 37.8 Å². The number of hydrogen-bond acceptors (Lipinski definition) is 2. The Morgan fingerprint density at radius 1 is 1.05 bits per heavy atom. The summed E-state index contributed by atoms with van der Waals surface area (Å²) in [5.41, 5.74) is 0.917. The normalized spacial score (nSPS) is 13.9. The van der Waals surface area contributed by atoms with E-state index in [0.29, 0.717) is 35.7 Å². The van der Waals surface area contributed by atoms with Crippen molar-refractivity contribution < 1.29 is 9.47 Å². The summed E-state index contributed by atoms with van der Waals surface area (Å²) in [6, 6.07) is 3.72. The van der Waals surface area contributed by atoms with Gasteiger partial charge in [0.05, 0.1) is 18.6 Å². The van der Waals surface area contributed by atoms with Crippen LogP contribution in [0.25, 0.3) is 0 Å². The topological polar surface area (TPSA) is 18.5 Å². The highest BCUT2D eigenvalue weighted by molar-refractivity contribution is 6.33. The molecule has 1 rings (SSSR count). The third-order valence-electron chi connectivity index (χ3n) is 3.31. The first-order valence-corrected chi connectivity index (χ1v) is 8.07. The fourth-order valence-electron chi connectivity index (χ4n) is 1.97. The molecule has 0 saturated heterocycles. The molecule has 0 aromatic heterocycles. The van der Waals surface area contributed by atoms with Crippen LogP contribution in [0.5, 0.6) is 11.5 Å². The minimum Gasteiger partial charge on any atom is -0.490 e. The summed E-state index contributed by atoms with van der Waals surface area (Å²) in [6.45, 7) is 9.40. The van der Waals surface area contributed by atoms with E-state index in [4.69, 9.17) is 32.7 Å². The summed E-state index contributed by atoms with van der Waals surface area (Å²) in [4.78, 5) is 0. The van der Waals surface area contributed by atoms with Crippen molar-refractivity contribution in [1.29, 1.82) is 0 Å². The van der Waals surface area contributed by atoms with Gasteiger partial charge in [-0.1, -0.05) is 31.9 Å². The largest absolute Gasteiger partial charge is 0.490 e. The lowest BCUT2D eigenvalue weighted by Gasteiger charge is -2.19. The van der Waals surface area contributed by atoms with Crippen molar-refractivity contribution in [2.24, 2.45) is 5.92 Å². The summed E-state index contributed by atoms with van der Waals surface area (Å²) in [7, 11) is 0. The van der Waals surface area contributed by atoms with Crippen molar-refractivity contribution in [3.05, 3.63) is 22.7 Å². The van der Waals surface area contributed by atoms with Crippen LogP contribution in [0, 0.1) is 5.92 Å². The fraction of sp³-hybridized carbons (Fsp3) is 0.625. The SMILES string of the molecule is CCOc1cc(Cl)c(C(Cl)CC(C)CC)cc1OCC. The third kappa shape index (κ3) is 4.75. The molecule has 0 aliphatic carbocycles. The third-order valence-corrected chi connectivity index (χ3v) is 4.05. The van der Waals surface area contributed by atoms with E-state index in [1.165, 1.54) is 0 Å². The van der Waals surface area contributed by atoms with Crippen LogP contribution in [0.1, 0.15) is 51.5 Å². The molecule has 0 N–H and O–H groups in total. The number of halogens is 2. The van der Waals surface area contributed by atoms with Gasteiger partial charge in [-0.15, -0.1) is 11.6 Å². The van der Waals surface area contributed by atoms with Crippen LogP contribution in [0.3, 0.4) is 0 Å². The van der Waals surface area contributed by atoms with Crippen LogP contribution in [0.2, 0.25) is 5.02 Å². The second-order valence-electron chi connectivity index (χ2n) is 4.90. The predicted molar refractivity (Wildman–Crippen MR) is 86.5 cm³/mol. The molecule has 2 nitrogen and oxygen atoms in total. The van der Waals surface area contributed by atoms with Gasteiger partial charge < -0.3 is 9.47 Å². The van der Waals surface area contributed by atoms with Crippen LogP contribution in [0.15, 0.2) is 12.1 Å². The van der Waals surface area contributed by atoms with Crippen LogP contribution in [0.4, 0.5) is 0 Å². The average Bonchev–Trinajstić information content (AvgIpc) is 2.41. The van der Waals surface area contributed by atoms with Gasteiger partial charge >= 0.3 is 0 Å². The number of hydrogen-bond donors (Lipinski definition) is 0. The first kappa shape index (κ1) is 17.5. The lowest BCUT2D eigenvalue weighted by Crippen LogP contribution is -2.03. The second-order valence-corrected chi connectivity index (χ2v) is 5.84. The minimum atomic E-state index is -0.104. The highest BCUT2D eigenvalue weighted by Crippen LogP contribution is 2.40. The zero-order chi connectivity index (χ0) is 15.1. The summed E-state index contributed by atoms with van der Waals surface area (Å²) in [5.74, 6) is 1.95. The van der Waals surface area contributed by atoms with Crippen LogP contribution in [-0.2, 0) is 0 Å². The molecule has 0 fully saturated rings. The fourth-order valence-corrected chi connectivity index (χ4v) is 2.80. The monoisotopic (exact) mass is 318 g/mol. The van der Waals surface area contributed by atoms with Crippen molar-refractivity contribution in [2.45, 2.75) is 45.9 Å². The standard InChI is InChI=1S/C16H24Cl2O2/c1-5-11(4)8-13(17)12-9-15(19-6-2)16(20-7-3)10-14(12)18/h9-11,13H,5-8H2,1-4H3. The van der Waals surface area contributed by atoms with Crippen molar-refractivity contribution in [1.82, 2.24) is 0 Å². The Morgan fingerprint density at radius 3 is 2.10 bits per heavy atom. The van der Waals surface area contributed by atoms with E-state index in [-0.39, 0.29) is 5.38 Å². The first-order valence-electron chi connectivity index (χ1n) is 7.26. The molecule has 0 radical (unpaired) electrons. The van der Waals surface area contributed by atoms with E-state index in [9.17, 15) is 0 Å². The van der Waals surface area contributed by atoms with E-state index in [2.05, 4.69) is 13.8 Å². The molecule has 20 heavy (non-hydrogen) atoms. The maximum Gasteiger partial charge on any atom is 0.162 e. The number of alkyl halides is 1. The van der Waals surface area contributed by atoms with Crippen molar-refractivity contribution >= 4 is 23.2 Å². The number of benzene rings is 1. The van der Waals surface area contributed by atoms with E-state index in [1.807, 2.05) is 19.9 Å². The van der Waals surface area contributed by atoms with Crippen LogP contribution < -0.4 is 9.47 Å². The van der Waals surface area contributed by atoms with Crippen LogP contribution in [-0.4, -0.2) is 13.2 Å². The van der Waals surface area contributed by atoms with Crippen molar-refractivity contribution in [3.63, 3.8) is 0 Å². The molecule has 0 amide bonds. The van der Waals surface area contributed by atoms with Crippen molar-refractivity contribution in [2.75, 3.05) is 13.2 Å². The molecule has 1 aromatic rings. The average molecular weight is 319 g/mol. The molecule has 0 saturated carbocycles. The predicted octanol–water partition coefficient (Wildman–Crippen LogP) is 5.85. The Morgan fingerprint density at radius 2 is 1.60 bits per heavy atom. The maximum absolute atomic E-state index is 6.51. The molecule has 0 aliphatic rings.